The maximum absolute atomic E-state index is 12.9. The number of likely N-dealkylation sites (tertiary alicyclic amines) is 1. The van der Waals surface area contributed by atoms with E-state index < -0.39 is 5.91 Å². The van der Waals surface area contributed by atoms with Gasteiger partial charge in [0, 0.05) is 26.3 Å². The van der Waals surface area contributed by atoms with Crippen LogP contribution in [0.3, 0.4) is 0 Å². The Labute approximate surface area is 186 Å². The van der Waals surface area contributed by atoms with Gasteiger partial charge in [-0.3, -0.25) is 14.4 Å². The number of carbonyl (C=O) groups is 2. The molecule has 4 rings (SSSR count). The highest BCUT2D eigenvalue weighted by Crippen LogP contribution is 2.20. The van der Waals surface area contributed by atoms with Crippen LogP contribution in [0.4, 0.5) is 5.69 Å². The highest BCUT2D eigenvalue weighted by molar-refractivity contribution is 5.97. The SMILES string of the molecule is Cn1cc(C(=O)N2CCCCCC2)cc(NC(=O)COc2ccc3ccccc3c2)c1=O. The van der Waals surface area contributed by atoms with E-state index in [1.54, 1.807) is 13.1 Å². The first kappa shape index (κ1) is 21.6. The number of benzene rings is 2. The molecule has 166 valence electrons. The molecule has 7 heteroatoms. The number of fused-ring (bicyclic) bond motifs is 1. The fourth-order valence-electron chi connectivity index (χ4n) is 3.97. The molecule has 1 aromatic heterocycles. The zero-order valence-corrected chi connectivity index (χ0v) is 18.2. The fourth-order valence-corrected chi connectivity index (χ4v) is 3.97. The van der Waals surface area contributed by atoms with Gasteiger partial charge < -0.3 is 19.5 Å². The van der Waals surface area contributed by atoms with E-state index in [4.69, 9.17) is 4.74 Å². The number of hydrogen-bond acceptors (Lipinski definition) is 4. The van der Waals surface area contributed by atoms with Crippen molar-refractivity contribution in [2.75, 3.05) is 25.0 Å². The molecule has 2 aromatic carbocycles. The van der Waals surface area contributed by atoms with Gasteiger partial charge in [0.15, 0.2) is 6.61 Å². The number of ether oxygens (including phenoxy) is 1. The third kappa shape index (κ3) is 4.99. The Morgan fingerprint density at radius 1 is 0.969 bits per heavy atom. The Hall–Kier alpha value is -3.61. The van der Waals surface area contributed by atoms with Crippen molar-refractivity contribution in [3.05, 3.63) is 70.6 Å². The maximum Gasteiger partial charge on any atom is 0.274 e. The topological polar surface area (TPSA) is 80.6 Å². The molecule has 0 saturated carbocycles. The molecule has 2 heterocycles. The van der Waals surface area contributed by atoms with Crippen LogP contribution in [0.1, 0.15) is 36.0 Å². The van der Waals surface area contributed by atoms with Crippen molar-refractivity contribution in [2.24, 2.45) is 7.05 Å². The molecule has 0 atom stereocenters. The minimum atomic E-state index is -0.463. The van der Waals surface area contributed by atoms with Crippen LogP contribution in [-0.4, -0.2) is 41.0 Å². The van der Waals surface area contributed by atoms with Crippen molar-refractivity contribution in [1.29, 1.82) is 0 Å². The average Bonchev–Trinajstić information content (AvgIpc) is 3.09. The predicted octanol–water partition coefficient (Wildman–Crippen LogP) is 3.57. The summed E-state index contributed by atoms with van der Waals surface area (Å²) in [5.74, 6) is -0.0168. The molecule has 2 amide bonds. The van der Waals surface area contributed by atoms with Gasteiger partial charge in [0.05, 0.1) is 5.56 Å². The van der Waals surface area contributed by atoms with Gasteiger partial charge >= 0.3 is 0 Å². The maximum atomic E-state index is 12.9. The number of nitrogens with one attached hydrogen (secondary N) is 1. The summed E-state index contributed by atoms with van der Waals surface area (Å²) in [5, 5.41) is 4.70. The molecule has 0 aliphatic carbocycles. The molecule has 0 spiro atoms. The third-order valence-electron chi connectivity index (χ3n) is 5.69. The van der Waals surface area contributed by atoms with Crippen molar-refractivity contribution in [3.8, 4) is 5.75 Å². The normalized spacial score (nSPS) is 14.1. The Morgan fingerprint density at radius 3 is 2.44 bits per heavy atom. The molecule has 32 heavy (non-hydrogen) atoms. The zero-order chi connectivity index (χ0) is 22.5. The van der Waals surface area contributed by atoms with E-state index in [0.717, 1.165) is 36.5 Å². The number of aromatic nitrogens is 1. The largest absolute Gasteiger partial charge is 0.484 e. The van der Waals surface area contributed by atoms with Gasteiger partial charge in [0.2, 0.25) is 0 Å². The van der Waals surface area contributed by atoms with Gasteiger partial charge in [-0.05, 0) is 41.8 Å². The van der Waals surface area contributed by atoms with Crippen LogP contribution in [0.5, 0.6) is 5.75 Å². The van der Waals surface area contributed by atoms with Crippen LogP contribution >= 0.6 is 0 Å². The van der Waals surface area contributed by atoms with Crippen LogP contribution in [0.2, 0.25) is 0 Å². The highest BCUT2D eigenvalue weighted by Gasteiger charge is 2.20. The molecule has 1 aliphatic heterocycles. The van der Waals surface area contributed by atoms with Crippen molar-refractivity contribution in [2.45, 2.75) is 25.7 Å². The van der Waals surface area contributed by atoms with Crippen LogP contribution < -0.4 is 15.6 Å². The molecular weight excluding hydrogens is 406 g/mol. The van der Waals surface area contributed by atoms with Crippen LogP contribution in [0.15, 0.2) is 59.5 Å². The molecule has 0 bridgehead atoms. The lowest BCUT2D eigenvalue weighted by atomic mass is 10.1. The van der Waals surface area contributed by atoms with Gasteiger partial charge in [-0.1, -0.05) is 43.2 Å². The van der Waals surface area contributed by atoms with Crippen molar-refractivity contribution < 1.29 is 14.3 Å². The van der Waals surface area contributed by atoms with E-state index in [1.165, 1.54) is 16.8 Å². The van der Waals surface area contributed by atoms with E-state index >= 15 is 0 Å². The molecule has 1 saturated heterocycles. The van der Waals surface area contributed by atoms with Crippen molar-refractivity contribution in [3.63, 3.8) is 0 Å². The molecule has 1 fully saturated rings. The number of aryl methyl sites for hydroxylation is 1. The molecular formula is C25H27N3O4. The first-order chi connectivity index (χ1) is 15.5. The van der Waals surface area contributed by atoms with E-state index in [1.807, 2.05) is 41.3 Å². The van der Waals surface area contributed by atoms with Crippen molar-refractivity contribution in [1.82, 2.24) is 9.47 Å². The summed E-state index contributed by atoms with van der Waals surface area (Å²) in [6, 6.07) is 14.9. The summed E-state index contributed by atoms with van der Waals surface area (Å²) in [4.78, 5) is 39.7. The van der Waals surface area contributed by atoms with Crippen molar-refractivity contribution >= 4 is 28.3 Å². The second-order valence-corrected chi connectivity index (χ2v) is 8.11. The lowest BCUT2D eigenvalue weighted by Gasteiger charge is -2.21. The number of nitrogens with zero attached hydrogens (tertiary/aromatic N) is 2. The summed E-state index contributed by atoms with van der Waals surface area (Å²) in [6.07, 6.45) is 5.72. The summed E-state index contributed by atoms with van der Waals surface area (Å²) in [5.41, 5.74) is 0.0801. The lowest BCUT2D eigenvalue weighted by Crippen LogP contribution is -2.34. The second-order valence-electron chi connectivity index (χ2n) is 8.11. The number of carbonyl (C=O) groups excluding carboxylic acids is 2. The zero-order valence-electron chi connectivity index (χ0n) is 18.2. The molecule has 1 aliphatic rings. The Kier molecular flexibility index (Phi) is 6.54. The first-order valence-electron chi connectivity index (χ1n) is 10.9. The van der Waals surface area contributed by atoms with Gasteiger partial charge in [-0.25, -0.2) is 0 Å². The van der Waals surface area contributed by atoms with Crippen LogP contribution in [0, 0.1) is 0 Å². The molecule has 3 aromatic rings. The summed E-state index contributed by atoms with van der Waals surface area (Å²) >= 11 is 0. The second kappa shape index (κ2) is 9.68. The van der Waals surface area contributed by atoms with E-state index in [9.17, 15) is 14.4 Å². The summed E-state index contributed by atoms with van der Waals surface area (Å²) < 4.78 is 6.93. The van der Waals surface area contributed by atoms with Crippen LogP contribution in [-0.2, 0) is 11.8 Å². The molecule has 0 unspecified atom stereocenters. The first-order valence-corrected chi connectivity index (χ1v) is 10.9. The highest BCUT2D eigenvalue weighted by atomic mass is 16.5. The average molecular weight is 434 g/mol. The Morgan fingerprint density at radius 2 is 1.69 bits per heavy atom. The van der Waals surface area contributed by atoms with E-state index in [0.29, 0.717) is 24.4 Å². The predicted molar refractivity (Wildman–Crippen MR) is 124 cm³/mol. The number of pyridine rings is 1. The lowest BCUT2D eigenvalue weighted by molar-refractivity contribution is -0.118. The number of amides is 2. The molecule has 0 radical (unpaired) electrons. The smallest absolute Gasteiger partial charge is 0.274 e. The Balaban J connectivity index is 1.44. The quantitative estimate of drug-likeness (QED) is 0.667. The minimum absolute atomic E-state index is 0.0697. The summed E-state index contributed by atoms with van der Waals surface area (Å²) in [7, 11) is 1.57. The summed E-state index contributed by atoms with van der Waals surface area (Å²) in [6.45, 7) is 1.18. The van der Waals surface area contributed by atoms with Crippen LogP contribution in [0.25, 0.3) is 10.8 Å². The number of anilines is 1. The third-order valence-corrected chi connectivity index (χ3v) is 5.69. The molecule has 1 N–H and O–H groups in total. The Bertz CT molecular complexity index is 1190. The van der Waals surface area contributed by atoms with Gasteiger partial charge in [-0.15, -0.1) is 0 Å². The van der Waals surface area contributed by atoms with E-state index in [-0.39, 0.29) is 23.8 Å². The fraction of sp³-hybridized carbons (Fsp3) is 0.320. The standard InChI is InChI=1S/C25H27N3O4/c1-27-16-20(24(30)28-12-6-2-3-7-13-28)15-22(25(27)31)26-23(29)17-32-21-11-10-18-8-4-5-9-19(18)14-21/h4-5,8-11,14-16H,2-3,6-7,12-13,17H2,1H3,(H,26,29). The van der Waals surface area contributed by atoms with Gasteiger partial charge in [0.1, 0.15) is 11.4 Å². The van der Waals surface area contributed by atoms with Gasteiger partial charge in [0.25, 0.3) is 17.4 Å². The number of hydrogen-bond donors (Lipinski definition) is 1. The van der Waals surface area contributed by atoms with E-state index in [2.05, 4.69) is 5.32 Å². The van der Waals surface area contributed by atoms with Gasteiger partial charge in [-0.2, -0.15) is 0 Å². The molecule has 7 nitrogen and oxygen atoms in total. The minimum Gasteiger partial charge on any atom is -0.484 e. The monoisotopic (exact) mass is 433 g/mol. The number of rotatable bonds is 5.